The van der Waals surface area contributed by atoms with Crippen molar-refractivity contribution in [3.8, 4) is 0 Å². The number of fused-ring (bicyclic) bond motifs is 1. The van der Waals surface area contributed by atoms with E-state index in [4.69, 9.17) is 15.0 Å². The minimum Gasteiger partial charge on any atom is -0.790 e. The molecule has 0 bridgehead atoms. The van der Waals surface area contributed by atoms with Crippen LogP contribution >= 0.6 is 27.1 Å². The van der Waals surface area contributed by atoms with Crippen LogP contribution in [0.25, 0.3) is 11.2 Å². The van der Waals surface area contributed by atoms with E-state index in [0.717, 1.165) is 0 Å². The van der Waals surface area contributed by atoms with Crippen LogP contribution in [0.2, 0.25) is 0 Å². The molecule has 1 fully saturated rings. The monoisotopic (exact) mass is 537 g/mol. The van der Waals surface area contributed by atoms with E-state index in [-0.39, 0.29) is 106 Å². The van der Waals surface area contributed by atoms with Crippen LogP contribution in [0.15, 0.2) is 11.5 Å². The van der Waals surface area contributed by atoms with Crippen molar-refractivity contribution < 1.29 is 131 Å². The third-order valence-corrected chi connectivity index (χ3v) is 5.97. The van der Waals surface area contributed by atoms with E-state index in [1.165, 1.54) is 22.7 Å². The molecular formula is C11H17BN5Na3O9P2S. The Labute approximate surface area is 254 Å². The number of anilines is 1. The summed E-state index contributed by atoms with van der Waals surface area (Å²) in [6.07, 6.45) is -2.17. The van der Waals surface area contributed by atoms with Crippen LogP contribution in [-0.2, 0) is 22.7 Å². The molecule has 14 nitrogen and oxygen atoms in total. The zero-order valence-corrected chi connectivity index (χ0v) is 25.6. The van der Waals surface area contributed by atoms with Gasteiger partial charge in [0.1, 0.15) is 23.8 Å². The minimum absolute atomic E-state index is 0. The van der Waals surface area contributed by atoms with Crippen molar-refractivity contribution in [2.24, 2.45) is 0 Å². The molecule has 3 heterocycles. The van der Waals surface area contributed by atoms with Gasteiger partial charge in [0.15, 0.2) is 30.3 Å². The minimum atomic E-state index is -5.49. The molecule has 4 N–H and O–H groups in total. The number of thioether (sulfide) groups is 1. The summed E-state index contributed by atoms with van der Waals surface area (Å²) in [5, 5.41) is 21.0. The molecule has 1 aliphatic rings. The van der Waals surface area contributed by atoms with Gasteiger partial charge in [-0.2, -0.15) is 0 Å². The van der Waals surface area contributed by atoms with Gasteiger partial charge in [-0.25, -0.2) is 15.0 Å². The first-order valence-electron chi connectivity index (χ1n) is 7.48. The van der Waals surface area contributed by atoms with Crippen molar-refractivity contribution in [2.45, 2.75) is 29.7 Å². The maximum Gasteiger partial charge on any atom is 1.00 e. The van der Waals surface area contributed by atoms with Crippen LogP contribution in [0.4, 0.5) is 5.82 Å². The molecule has 2 aromatic heterocycles. The first kappa shape index (κ1) is 33.9. The van der Waals surface area contributed by atoms with Gasteiger partial charge >= 0.3 is 88.7 Å². The van der Waals surface area contributed by atoms with E-state index in [2.05, 4.69) is 19.3 Å². The number of hydrogen-bond acceptors (Lipinski definition) is 14. The zero-order valence-electron chi connectivity index (χ0n) is 17.0. The fourth-order valence-corrected chi connectivity index (χ4v) is 4.01. The standard InChI is InChI=1S/C11H19BN5O9P2S.3Na/c1-29-11-15-8(13)5-9(16-11)17(3-14-5)10-7(19)6(18)4(25-10)2-24-27(12,20)26-28(21,22)23;;;/h3-4,6-7,10,18-19H,2H2,1,12H3,(H2,13,15,16)(H2,21,22,23);;;/q-1;3*+1/p-2/t4-,6-,7-,10-,27+;;;/m1.../s1. The molecule has 0 aromatic carbocycles. The predicted molar refractivity (Wildman–Crippen MR) is 99.6 cm³/mol. The van der Waals surface area contributed by atoms with E-state index in [1.807, 2.05) is 0 Å². The second kappa shape index (κ2) is 13.5. The van der Waals surface area contributed by atoms with Crippen LogP contribution < -0.4 is 104 Å². The number of nitrogens with two attached hydrogens (primary N) is 1. The third kappa shape index (κ3) is 8.24. The maximum absolute atomic E-state index is 12.0. The van der Waals surface area contributed by atoms with Crippen molar-refractivity contribution in [3.05, 3.63) is 6.33 Å². The molecule has 0 saturated carbocycles. The summed E-state index contributed by atoms with van der Waals surface area (Å²) in [5.41, 5.74) is 6.39. The van der Waals surface area contributed by atoms with Gasteiger partial charge in [-0.05, 0) is 6.26 Å². The summed E-state index contributed by atoms with van der Waals surface area (Å²) >= 11 is 1.24. The smallest absolute Gasteiger partial charge is 0.790 e. The number of ether oxygens (including phenoxy) is 1. The van der Waals surface area contributed by atoms with Crippen molar-refractivity contribution in [1.82, 2.24) is 19.5 Å². The summed E-state index contributed by atoms with van der Waals surface area (Å²) in [6.45, 7) is -0.560. The fraction of sp³-hybridized carbons (Fsp3) is 0.545. The maximum atomic E-state index is 12.0. The Morgan fingerprint density at radius 2 is 1.91 bits per heavy atom. The second-order valence-corrected chi connectivity index (χ2v) is 8.54. The third-order valence-electron chi connectivity index (χ3n) is 3.73. The van der Waals surface area contributed by atoms with Crippen molar-refractivity contribution in [2.75, 3.05) is 18.6 Å². The van der Waals surface area contributed by atoms with Gasteiger partial charge in [0.05, 0.1) is 28.3 Å². The van der Waals surface area contributed by atoms with Crippen LogP contribution in [0, 0.1) is 0 Å². The number of aromatic nitrogens is 4. The Kier molecular flexibility index (Phi) is 14.3. The van der Waals surface area contributed by atoms with E-state index < -0.39 is 54.0 Å². The average molecular weight is 537 g/mol. The number of imidazole rings is 1. The van der Waals surface area contributed by atoms with Crippen molar-refractivity contribution in [3.63, 3.8) is 0 Å². The molecule has 0 unspecified atom stereocenters. The van der Waals surface area contributed by atoms with Gasteiger partial charge in [0.25, 0.3) is 0 Å². The van der Waals surface area contributed by atoms with Gasteiger partial charge in [0.2, 0.25) is 0 Å². The molecule has 1 saturated heterocycles. The van der Waals surface area contributed by atoms with Crippen LogP contribution in [0.3, 0.4) is 0 Å². The Balaban J connectivity index is 0.00000320. The van der Waals surface area contributed by atoms with E-state index in [9.17, 15) is 29.1 Å². The van der Waals surface area contributed by atoms with E-state index in [1.54, 1.807) is 6.26 Å². The Morgan fingerprint density at radius 1 is 1.28 bits per heavy atom. The van der Waals surface area contributed by atoms with Crippen molar-refractivity contribution in [1.29, 1.82) is 0 Å². The number of aliphatic hydroxyl groups excluding tert-OH is 2. The topological polar surface area (TPSA) is 218 Å². The molecule has 1 aliphatic heterocycles. The molecule has 2 aromatic rings. The van der Waals surface area contributed by atoms with Gasteiger partial charge in [-0.15, -0.1) is 0 Å². The number of hydrogen-bond donors (Lipinski definition) is 3. The summed E-state index contributed by atoms with van der Waals surface area (Å²) in [4.78, 5) is 33.7. The number of nitrogens with zero attached hydrogens (tertiary/aromatic N) is 4. The average Bonchev–Trinajstić information content (AvgIpc) is 3.13. The summed E-state index contributed by atoms with van der Waals surface area (Å²) < 4.78 is 38.5. The van der Waals surface area contributed by atoms with E-state index >= 15 is 0 Å². The number of phosphoric acid groups is 1. The SMILES string of the molecule is [BH3-][P@](=O)(OC[C@H]1O[C@@H](n2cnc3c(N)nc(SC)nc32)[C@H](O)[C@@H]1O)OP(=O)([O-])[O-].[Na+].[Na+].[Na+]. The van der Waals surface area contributed by atoms with Crippen LogP contribution in [0.1, 0.15) is 6.23 Å². The van der Waals surface area contributed by atoms with Gasteiger partial charge < -0.3 is 48.4 Å². The molecular weight excluding hydrogens is 520 g/mol. The van der Waals surface area contributed by atoms with Gasteiger partial charge in [-0.3, -0.25) is 4.57 Å². The molecule has 21 heteroatoms. The van der Waals surface area contributed by atoms with E-state index in [0.29, 0.717) is 5.16 Å². The number of nitrogen functional groups attached to an aromatic ring is 1. The predicted octanol–water partition coefficient (Wildman–Crippen LogP) is -11.9. The molecule has 0 radical (unpaired) electrons. The van der Waals surface area contributed by atoms with Crippen molar-refractivity contribution >= 4 is 51.6 Å². The molecule has 162 valence electrons. The summed E-state index contributed by atoms with van der Waals surface area (Å²) in [5.74, 6) is 0.128. The zero-order chi connectivity index (χ0) is 21.6. The Bertz CT molecular complexity index is 1020. The number of rotatable bonds is 7. The molecule has 0 spiro atoms. The first-order chi connectivity index (χ1) is 13.4. The molecule has 32 heavy (non-hydrogen) atoms. The quantitative estimate of drug-likeness (QED) is 0.129. The van der Waals surface area contributed by atoms with Crippen LogP contribution in [-0.4, -0.2) is 68.5 Å². The van der Waals surface area contributed by atoms with Gasteiger partial charge in [0, 0.05) is 0 Å². The largest absolute Gasteiger partial charge is 1.00 e. The fourth-order valence-electron chi connectivity index (χ4n) is 2.53. The molecule has 0 aliphatic carbocycles. The normalized spacial score (nSPS) is 24.8. The Hall–Kier alpha value is 1.94. The molecule has 0 amide bonds. The Morgan fingerprint density at radius 3 is 2.47 bits per heavy atom. The molecule has 5 atom stereocenters. The second-order valence-electron chi connectivity index (χ2n) is 5.51. The first-order valence-corrected chi connectivity index (χ1v) is 11.3. The summed E-state index contributed by atoms with van der Waals surface area (Å²) in [6, 6.07) is 0. The number of aliphatic hydroxyl groups is 2. The van der Waals surface area contributed by atoms with Gasteiger partial charge in [-0.1, -0.05) is 11.8 Å². The molecule has 3 rings (SSSR count). The summed E-state index contributed by atoms with van der Waals surface area (Å²) in [7, 11) is -10.8. The van der Waals surface area contributed by atoms with Crippen LogP contribution in [0.5, 0.6) is 0 Å².